The molecule has 1 aliphatic heterocycles. The molecular formula is C18H18O6. The van der Waals surface area contributed by atoms with E-state index in [-0.39, 0.29) is 24.7 Å². The van der Waals surface area contributed by atoms with Gasteiger partial charge in [0.15, 0.2) is 35.2 Å². The van der Waals surface area contributed by atoms with Gasteiger partial charge in [0.05, 0.1) is 13.2 Å². The van der Waals surface area contributed by atoms with E-state index in [1.807, 2.05) is 6.07 Å². The van der Waals surface area contributed by atoms with Crippen LogP contribution in [-0.4, -0.2) is 39.7 Å². The lowest BCUT2D eigenvalue weighted by Crippen LogP contribution is -2.36. The molecule has 4 N–H and O–H groups in total. The van der Waals surface area contributed by atoms with Gasteiger partial charge in [0.2, 0.25) is 0 Å². The van der Waals surface area contributed by atoms with Gasteiger partial charge >= 0.3 is 0 Å². The van der Waals surface area contributed by atoms with E-state index in [2.05, 4.69) is 0 Å². The van der Waals surface area contributed by atoms with E-state index in [0.717, 1.165) is 5.56 Å². The van der Waals surface area contributed by atoms with Crippen molar-refractivity contribution in [3.8, 4) is 23.0 Å². The number of ether oxygens (including phenoxy) is 2. The van der Waals surface area contributed by atoms with Crippen molar-refractivity contribution in [2.24, 2.45) is 0 Å². The Morgan fingerprint density at radius 2 is 1.75 bits per heavy atom. The van der Waals surface area contributed by atoms with Gasteiger partial charge in [0.1, 0.15) is 0 Å². The van der Waals surface area contributed by atoms with E-state index in [1.165, 1.54) is 12.1 Å². The summed E-state index contributed by atoms with van der Waals surface area (Å²) in [5.74, 6) is 0.512. The molecule has 0 saturated heterocycles. The highest BCUT2D eigenvalue weighted by atomic mass is 16.6. The minimum atomic E-state index is -0.639. The molecule has 0 bridgehead atoms. The number of hydrogen-bond donors (Lipinski definition) is 4. The molecule has 0 radical (unpaired) electrons. The van der Waals surface area contributed by atoms with Crippen molar-refractivity contribution in [2.75, 3.05) is 13.2 Å². The van der Waals surface area contributed by atoms with Crippen LogP contribution < -0.4 is 9.47 Å². The first-order chi connectivity index (χ1) is 11.6. The minimum Gasteiger partial charge on any atom is -0.504 e. The number of phenolic OH excluding ortho intramolecular Hbond substituents is 2. The van der Waals surface area contributed by atoms with Gasteiger partial charge in [-0.3, -0.25) is 0 Å². The van der Waals surface area contributed by atoms with Crippen LogP contribution in [0.3, 0.4) is 0 Å². The summed E-state index contributed by atoms with van der Waals surface area (Å²) in [6.45, 7) is -0.325. The van der Waals surface area contributed by atoms with Crippen LogP contribution in [0.5, 0.6) is 23.0 Å². The molecule has 0 fully saturated rings. The van der Waals surface area contributed by atoms with Crippen LogP contribution >= 0.6 is 0 Å². The molecule has 0 aliphatic carbocycles. The number of hydrogen-bond acceptors (Lipinski definition) is 6. The molecule has 1 unspecified atom stereocenters. The first-order valence-electron chi connectivity index (χ1n) is 7.50. The molecule has 2 aromatic rings. The van der Waals surface area contributed by atoms with Gasteiger partial charge in [-0.25, -0.2) is 0 Å². The Bertz CT molecular complexity index is 755. The van der Waals surface area contributed by atoms with Gasteiger partial charge in [0.25, 0.3) is 0 Å². The van der Waals surface area contributed by atoms with Crippen LogP contribution in [0.25, 0.3) is 6.08 Å². The second-order valence-corrected chi connectivity index (χ2v) is 5.42. The molecule has 126 valence electrons. The third kappa shape index (κ3) is 3.15. The van der Waals surface area contributed by atoms with Gasteiger partial charge in [-0.05, 0) is 29.8 Å². The SMILES string of the molecule is OC/C=C/c1ccc2c(c1)O[C@H](c1ccc(O)c(O)c1)C(CO)O2. The van der Waals surface area contributed by atoms with Crippen molar-refractivity contribution in [3.05, 3.63) is 53.6 Å². The van der Waals surface area contributed by atoms with Gasteiger partial charge in [-0.1, -0.05) is 24.3 Å². The highest BCUT2D eigenvalue weighted by Crippen LogP contribution is 2.41. The van der Waals surface area contributed by atoms with E-state index in [9.17, 15) is 15.3 Å². The number of phenols is 2. The average Bonchev–Trinajstić information content (AvgIpc) is 2.61. The van der Waals surface area contributed by atoms with Crippen molar-refractivity contribution in [1.29, 1.82) is 0 Å². The first-order valence-corrected chi connectivity index (χ1v) is 7.50. The number of aliphatic hydroxyl groups is 2. The number of fused-ring (bicyclic) bond motifs is 1. The molecule has 1 aliphatic rings. The molecule has 1 heterocycles. The maximum atomic E-state index is 9.68. The van der Waals surface area contributed by atoms with Crippen LogP contribution in [0.4, 0.5) is 0 Å². The van der Waals surface area contributed by atoms with Crippen molar-refractivity contribution < 1.29 is 29.9 Å². The average molecular weight is 330 g/mol. The zero-order valence-corrected chi connectivity index (χ0v) is 12.8. The van der Waals surface area contributed by atoms with Crippen molar-refractivity contribution in [2.45, 2.75) is 12.2 Å². The third-order valence-electron chi connectivity index (χ3n) is 3.76. The Balaban J connectivity index is 1.94. The fourth-order valence-electron chi connectivity index (χ4n) is 2.58. The fraction of sp³-hybridized carbons (Fsp3) is 0.222. The fourth-order valence-corrected chi connectivity index (χ4v) is 2.58. The number of rotatable bonds is 4. The normalized spacial score (nSPS) is 19.6. The zero-order chi connectivity index (χ0) is 17.1. The van der Waals surface area contributed by atoms with Crippen LogP contribution in [0.1, 0.15) is 17.2 Å². The summed E-state index contributed by atoms with van der Waals surface area (Å²) in [6.07, 6.45) is 2.09. The van der Waals surface area contributed by atoms with E-state index in [4.69, 9.17) is 14.6 Å². The summed E-state index contributed by atoms with van der Waals surface area (Å²) in [7, 11) is 0. The summed E-state index contributed by atoms with van der Waals surface area (Å²) < 4.78 is 11.7. The minimum absolute atomic E-state index is 0.0591. The predicted octanol–water partition coefficient (Wildman–Crippen LogP) is 1.98. The molecule has 6 nitrogen and oxygen atoms in total. The summed E-state index contributed by atoms with van der Waals surface area (Å²) in [5, 5.41) is 37.6. The van der Waals surface area contributed by atoms with Crippen molar-refractivity contribution >= 4 is 6.08 Å². The summed E-state index contributed by atoms with van der Waals surface area (Å²) in [5.41, 5.74) is 1.41. The monoisotopic (exact) mass is 330 g/mol. The number of aromatic hydroxyl groups is 2. The Morgan fingerprint density at radius 3 is 2.46 bits per heavy atom. The smallest absolute Gasteiger partial charge is 0.163 e. The molecule has 6 heteroatoms. The molecular weight excluding hydrogens is 312 g/mol. The highest BCUT2D eigenvalue weighted by Gasteiger charge is 2.33. The van der Waals surface area contributed by atoms with Gasteiger partial charge in [-0.2, -0.15) is 0 Å². The Kier molecular flexibility index (Phi) is 4.59. The quantitative estimate of drug-likeness (QED) is 0.640. The third-order valence-corrected chi connectivity index (χ3v) is 3.76. The molecule has 0 spiro atoms. The molecule has 0 amide bonds. The lowest BCUT2D eigenvalue weighted by atomic mass is 10.0. The summed E-state index contributed by atoms with van der Waals surface area (Å²) >= 11 is 0. The van der Waals surface area contributed by atoms with E-state index < -0.39 is 12.2 Å². The second kappa shape index (κ2) is 6.82. The lowest BCUT2D eigenvalue weighted by Gasteiger charge is -2.33. The van der Waals surface area contributed by atoms with Crippen molar-refractivity contribution in [1.82, 2.24) is 0 Å². The van der Waals surface area contributed by atoms with Crippen LogP contribution in [-0.2, 0) is 0 Å². The Hall–Kier alpha value is -2.70. The standard InChI is InChI=1S/C18H18O6/c19-7-1-2-11-3-6-15-16(8-11)24-18(17(10-20)23-15)12-4-5-13(21)14(22)9-12/h1-6,8-9,17-22H,7,10H2/b2-1+/t17?,18-/m1/s1. The molecule has 24 heavy (non-hydrogen) atoms. The van der Waals surface area contributed by atoms with Gasteiger partial charge < -0.3 is 29.9 Å². The summed E-state index contributed by atoms with van der Waals surface area (Å²) in [6, 6.07) is 9.66. The largest absolute Gasteiger partial charge is 0.504 e. The van der Waals surface area contributed by atoms with Gasteiger partial charge in [0, 0.05) is 5.56 Å². The molecule has 3 rings (SSSR count). The Labute approximate surface area is 138 Å². The van der Waals surface area contributed by atoms with Gasteiger partial charge in [-0.15, -0.1) is 0 Å². The van der Waals surface area contributed by atoms with Crippen molar-refractivity contribution in [3.63, 3.8) is 0 Å². The molecule has 0 aromatic heterocycles. The molecule has 2 aromatic carbocycles. The number of aliphatic hydroxyl groups excluding tert-OH is 2. The van der Waals surface area contributed by atoms with Crippen LogP contribution in [0.2, 0.25) is 0 Å². The van der Waals surface area contributed by atoms with Crippen LogP contribution in [0, 0.1) is 0 Å². The second-order valence-electron chi connectivity index (χ2n) is 5.42. The Morgan fingerprint density at radius 1 is 0.917 bits per heavy atom. The zero-order valence-electron chi connectivity index (χ0n) is 12.8. The summed E-state index contributed by atoms with van der Waals surface area (Å²) in [4.78, 5) is 0. The highest BCUT2D eigenvalue weighted by molar-refractivity contribution is 5.56. The number of benzene rings is 2. The van der Waals surface area contributed by atoms with E-state index in [0.29, 0.717) is 17.1 Å². The van der Waals surface area contributed by atoms with E-state index >= 15 is 0 Å². The first kappa shape index (κ1) is 16.2. The maximum absolute atomic E-state index is 9.68. The molecule has 0 saturated carbocycles. The predicted molar refractivity (Wildman–Crippen MR) is 87.2 cm³/mol. The van der Waals surface area contributed by atoms with Crippen LogP contribution in [0.15, 0.2) is 42.5 Å². The molecule has 2 atom stereocenters. The topological polar surface area (TPSA) is 99.4 Å². The lowest BCUT2D eigenvalue weighted by molar-refractivity contribution is -0.0124. The maximum Gasteiger partial charge on any atom is 0.163 e. The van der Waals surface area contributed by atoms with E-state index in [1.54, 1.807) is 30.4 Å².